The highest BCUT2D eigenvalue weighted by molar-refractivity contribution is 7.11. The lowest BCUT2D eigenvalue weighted by molar-refractivity contribution is -0.220. The smallest absolute Gasteiger partial charge is 0.329 e. The molecule has 0 atom stereocenters. The summed E-state index contributed by atoms with van der Waals surface area (Å²) in [6.07, 6.45) is -0.475. The van der Waals surface area contributed by atoms with Crippen molar-refractivity contribution in [1.82, 2.24) is 10.3 Å². The Hall–Kier alpha value is -1.57. The second-order valence-corrected chi connectivity index (χ2v) is 7.95. The molecule has 1 aromatic rings. The van der Waals surface area contributed by atoms with E-state index in [2.05, 4.69) is 10.3 Å². The number of carboxylic acids is 1. The van der Waals surface area contributed by atoms with Crippen LogP contribution in [0.5, 0.6) is 0 Å². The van der Waals surface area contributed by atoms with E-state index in [1.807, 2.05) is 0 Å². The summed E-state index contributed by atoms with van der Waals surface area (Å²) in [5, 5.41) is 12.6. The van der Waals surface area contributed by atoms with Crippen LogP contribution in [0.15, 0.2) is 0 Å². The number of amides is 1. The van der Waals surface area contributed by atoms with Crippen molar-refractivity contribution < 1.29 is 23.5 Å². The van der Waals surface area contributed by atoms with Gasteiger partial charge in [0.25, 0.3) is 5.91 Å². The molecular weight excluding hydrogens is 314 g/mol. The maximum atomic E-state index is 13.0. The van der Waals surface area contributed by atoms with E-state index in [0.29, 0.717) is 4.88 Å². The van der Waals surface area contributed by atoms with Crippen molar-refractivity contribution in [2.24, 2.45) is 5.41 Å². The van der Waals surface area contributed by atoms with Crippen LogP contribution in [0.4, 0.5) is 8.78 Å². The fourth-order valence-electron chi connectivity index (χ4n) is 3.83. The summed E-state index contributed by atoms with van der Waals surface area (Å²) >= 11 is 1.35. The van der Waals surface area contributed by atoms with Crippen LogP contribution in [-0.4, -0.2) is 33.4 Å². The van der Waals surface area contributed by atoms with Crippen molar-refractivity contribution in [3.05, 3.63) is 15.6 Å². The van der Waals surface area contributed by atoms with Gasteiger partial charge >= 0.3 is 5.97 Å². The van der Waals surface area contributed by atoms with Gasteiger partial charge in [0.15, 0.2) is 0 Å². The first-order chi connectivity index (χ1) is 10.1. The molecule has 120 valence electrons. The molecule has 0 radical (unpaired) electrons. The molecular formula is C14H16F2N2O3S. The third kappa shape index (κ3) is 2.29. The number of aliphatic carboxylic acids is 1. The number of carboxylic acid groups (broad SMARTS) is 1. The van der Waals surface area contributed by atoms with Crippen LogP contribution < -0.4 is 5.32 Å². The van der Waals surface area contributed by atoms with Gasteiger partial charge in [-0.05, 0) is 32.1 Å². The predicted octanol–water partition coefficient (Wildman–Crippen LogP) is 2.52. The lowest BCUT2D eigenvalue weighted by Crippen LogP contribution is -2.71. The van der Waals surface area contributed by atoms with E-state index >= 15 is 0 Å². The average Bonchev–Trinajstić information content (AvgIpc) is 2.63. The number of rotatable bonds is 3. The molecule has 0 aliphatic heterocycles. The normalized spacial score (nSPS) is 23.5. The quantitative estimate of drug-likeness (QED) is 0.892. The molecule has 2 aliphatic carbocycles. The van der Waals surface area contributed by atoms with Gasteiger partial charge in [-0.1, -0.05) is 0 Å². The van der Waals surface area contributed by atoms with Gasteiger partial charge in [0.2, 0.25) is 5.92 Å². The molecule has 3 rings (SSSR count). The molecule has 0 unspecified atom stereocenters. The zero-order valence-corrected chi connectivity index (χ0v) is 13.0. The molecule has 5 nitrogen and oxygen atoms in total. The predicted molar refractivity (Wildman–Crippen MR) is 75.3 cm³/mol. The third-order valence-electron chi connectivity index (χ3n) is 4.50. The maximum Gasteiger partial charge on any atom is 0.329 e. The Labute approximate surface area is 129 Å². The van der Waals surface area contributed by atoms with Crippen LogP contribution in [0, 0.1) is 19.3 Å². The molecule has 2 saturated carbocycles. The van der Waals surface area contributed by atoms with E-state index in [-0.39, 0.29) is 31.4 Å². The average molecular weight is 330 g/mol. The summed E-state index contributed by atoms with van der Waals surface area (Å²) in [6, 6.07) is 0. The number of nitrogens with zero attached hydrogens (tertiary/aromatic N) is 1. The van der Waals surface area contributed by atoms with Gasteiger partial charge in [-0.15, -0.1) is 11.3 Å². The van der Waals surface area contributed by atoms with E-state index in [0.717, 1.165) is 5.01 Å². The van der Waals surface area contributed by atoms with Crippen molar-refractivity contribution in [3.8, 4) is 0 Å². The molecule has 8 heteroatoms. The lowest BCUT2D eigenvalue weighted by atomic mass is 9.47. The van der Waals surface area contributed by atoms with Gasteiger partial charge in [0.1, 0.15) is 11.2 Å². The molecule has 0 aromatic carbocycles. The number of carbonyl (C=O) groups is 2. The fourth-order valence-corrected chi connectivity index (χ4v) is 4.65. The van der Waals surface area contributed by atoms with Gasteiger partial charge in [-0.3, -0.25) is 4.79 Å². The number of carbonyl (C=O) groups excluding carboxylic acids is 1. The van der Waals surface area contributed by atoms with E-state index < -0.39 is 28.8 Å². The SMILES string of the molecule is Cc1nc(C(=O)NC2(C(=O)O)CC3(CC(F)(F)C3)C2)c(C)s1. The number of thiazole rings is 1. The highest BCUT2D eigenvalue weighted by Crippen LogP contribution is 2.65. The molecule has 1 aromatic heterocycles. The number of aromatic nitrogens is 1. The minimum Gasteiger partial charge on any atom is -0.480 e. The molecule has 0 bridgehead atoms. The van der Waals surface area contributed by atoms with Crippen molar-refractivity contribution in [2.45, 2.75) is 51.0 Å². The van der Waals surface area contributed by atoms with E-state index in [1.165, 1.54) is 11.3 Å². The second kappa shape index (κ2) is 4.47. The van der Waals surface area contributed by atoms with Crippen LogP contribution in [0.3, 0.4) is 0 Å². The number of hydrogen-bond donors (Lipinski definition) is 2. The Morgan fingerprint density at radius 1 is 1.23 bits per heavy atom. The van der Waals surface area contributed by atoms with Gasteiger partial charge in [0, 0.05) is 17.7 Å². The summed E-state index contributed by atoms with van der Waals surface area (Å²) in [6.45, 7) is 3.50. The fraction of sp³-hybridized carbons (Fsp3) is 0.643. The topological polar surface area (TPSA) is 79.3 Å². The molecule has 1 heterocycles. The number of halogens is 2. The van der Waals surface area contributed by atoms with E-state index in [4.69, 9.17) is 0 Å². The molecule has 22 heavy (non-hydrogen) atoms. The van der Waals surface area contributed by atoms with Crippen LogP contribution >= 0.6 is 11.3 Å². The second-order valence-electron chi connectivity index (χ2n) is 6.54. The zero-order chi connectivity index (χ0) is 16.3. The molecule has 1 amide bonds. The first-order valence-electron chi connectivity index (χ1n) is 6.94. The van der Waals surface area contributed by atoms with Crippen LogP contribution in [0.1, 0.15) is 46.1 Å². The molecule has 2 fully saturated rings. The van der Waals surface area contributed by atoms with Crippen molar-refractivity contribution >= 4 is 23.2 Å². The Morgan fingerprint density at radius 2 is 1.82 bits per heavy atom. The highest BCUT2D eigenvalue weighted by atomic mass is 32.1. The number of aryl methyl sites for hydroxylation is 2. The summed E-state index contributed by atoms with van der Waals surface area (Å²) in [5.41, 5.74) is -1.87. The number of alkyl halides is 2. The van der Waals surface area contributed by atoms with E-state index in [9.17, 15) is 23.5 Å². The standard InChI is InChI=1S/C14H16F2N2O3S/c1-7-9(17-8(2)22-7)10(19)18-13(11(20)21)3-12(4-13)5-14(15,16)6-12/h3-6H2,1-2H3,(H,18,19)(H,20,21). The first kappa shape index (κ1) is 15.3. The van der Waals surface area contributed by atoms with E-state index in [1.54, 1.807) is 13.8 Å². The molecule has 2 aliphatic rings. The zero-order valence-electron chi connectivity index (χ0n) is 12.2. The number of nitrogens with one attached hydrogen (secondary N) is 1. The van der Waals surface area contributed by atoms with Crippen molar-refractivity contribution in [1.29, 1.82) is 0 Å². The Kier molecular flexibility index (Phi) is 3.11. The molecule has 1 spiro atoms. The van der Waals surface area contributed by atoms with Gasteiger partial charge < -0.3 is 10.4 Å². The summed E-state index contributed by atoms with van der Waals surface area (Å²) in [7, 11) is 0. The van der Waals surface area contributed by atoms with Crippen LogP contribution in [0.25, 0.3) is 0 Å². The Morgan fingerprint density at radius 3 is 2.23 bits per heavy atom. The Bertz CT molecular complexity index is 655. The van der Waals surface area contributed by atoms with Crippen molar-refractivity contribution in [2.75, 3.05) is 0 Å². The molecule has 0 saturated heterocycles. The summed E-state index contributed by atoms with van der Waals surface area (Å²) in [5.74, 6) is -4.42. The first-order valence-corrected chi connectivity index (χ1v) is 7.76. The van der Waals surface area contributed by atoms with Gasteiger partial charge in [0.05, 0.1) is 5.01 Å². The minimum atomic E-state index is -2.70. The Balaban J connectivity index is 1.73. The van der Waals surface area contributed by atoms with Crippen molar-refractivity contribution in [3.63, 3.8) is 0 Å². The van der Waals surface area contributed by atoms with Gasteiger partial charge in [-0.25, -0.2) is 18.6 Å². The van der Waals surface area contributed by atoms with Crippen LogP contribution in [0.2, 0.25) is 0 Å². The maximum absolute atomic E-state index is 13.0. The largest absolute Gasteiger partial charge is 0.480 e. The lowest BCUT2D eigenvalue weighted by Gasteiger charge is -2.61. The third-order valence-corrected chi connectivity index (χ3v) is 5.39. The highest BCUT2D eigenvalue weighted by Gasteiger charge is 2.69. The monoisotopic (exact) mass is 330 g/mol. The minimum absolute atomic E-state index is 0.0544. The summed E-state index contributed by atoms with van der Waals surface area (Å²) in [4.78, 5) is 28.6. The van der Waals surface area contributed by atoms with Gasteiger partial charge in [-0.2, -0.15) is 0 Å². The van der Waals surface area contributed by atoms with Crippen LogP contribution in [-0.2, 0) is 4.79 Å². The molecule has 2 N–H and O–H groups in total. The number of hydrogen-bond acceptors (Lipinski definition) is 4. The summed E-state index contributed by atoms with van der Waals surface area (Å²) < 4.78 is 26.1.